The van der Waals surface area contributed by atoms with Gasteiger partial charge in [-0.25, -0.2) is 0 Å². The normalized spacial score (nSPS) is 13.8. The third kappa shape index (κ3) is 5.32. The molecule has 0 radical (unpaired) electrons. The average Bonchev–Trinajstić information content (AvgIpc) is 2.53. The molecule has 0 aliphatic rings. The smallest absolute Gasteiger partial charge is 0.378 e. The van der Waals surface area contributed by atoms with Gasteiger partial charge in [-0.2, -0.15) is 23.5 Å². The number of benzene rings is 1. The quantitative estimate of drug-likeness (QED) is 0.607. The van der Waals surface area contributed by atoms with Crippen molar-refractivity contribution in [3.8, 4) is 6.07 Å². The van der Waals surface area contributed by atoms with E-state index in [2.05, 4.69) is 17.0 Å². The van der Waals surface area contributed by atoms with Gasteiger partial charge >= 0.3 is 6.18 Å². The van der Waals surface area contributed by atoms with E-state index < -0.39 is 28.8 Å². The van der Waals surface area contributed by atoms with Crippen LogP contribution in [0.5, 0.6) is 0 Å². The summed E-state index contributed by atoms with van der Waals surface area (Å²) in [6, 6.07) is 4.18. The molecule has 9 heteroatoms. The van der Waals surface area contributed by atoms with Gasteiger partial charge in [0, 0.05) is 18.1 Å². The van der Waals surface area contributed by atoms with E-state index in [1.165, 1.54) is 30.4 Å². The third-order valence-electron chi connectivity index (χ3n) is 3.14. The van der Waals surface area contributed by atoms with Crippen LogP contribution in [-0.2, 0) is 11.0 Å². The van der Waals surface area contributed by atoms with Crippen LogP contribution >= 0.6 is 0 Å². The molecule has 0 unspecified atom stereocenters. The Morgan fingerprint density at radius 3 is 2.64 bits per heavy atom. The van der Waals surface area contributed by atoms with Crippen molar-refractivity contribution < 1.29 is 23.1 Å². The standard InChI is InChI=1S/C16H17F3N4O2/c1-4-21-23(5-2)10-15(3,25)14(24)22-12-7-6-11(9-20)13(8-12)16(17,18)19/h4-8,25H,2,10H2,1,3H3,(H,22,24)/b21-4-/t15-/m0/s1. The van der Waals surface area contributed by atoms with Crippen LogP contribution in [0, 0.1) is 11.3 Å². The maximum atomic E-state index is 12.9. The summed E-state index contributed by atoms with van der Waals surface area (Å²) in [6.45, 7) is 6.04. The number of amides is 1. The minimum Gasteiger partial charge on any atom is -0.378 e. The molecule has 0 saturated carbocycles. The van der Waals surface area contributed by atoms with Crippen molar-refractivity contribution in [2.75, 3.05) is 11.9 Å². The Balaban J connectivity index is 3.03. The Labute approximate surface area is 142 Å². The van der Waals surface area contributed by atoms with E-state index in [4.69, 9.17) is 5.26 Å². The molecule has 1 aromatic rings. The van der Waals surface area contributed by atoms with Gasteiger partial charge in [0.05, 0.1) is 23.7 Å². The lowest BCUT2D eigenvalue weighted by Crippen LogP contribution is -2.47. The molecule has 1 rings (SSSR count). The first-order valence-electron chi connectivity index (χ1n) is 7.08. The summed E-state index contributed by atoms with van der Waals surface area (Å²) in [6.07, 6.45) is -2.04. The number of nitriles is 1. The van der Waals surface area contributed by atoms with Crippen molar-refractivity contribution in [3.05, 3.63) is 42.1 Å². The molecule has 0 fully saturated rings. The van der Waals surface area contributed by atoms with Crippen molar-refractivity contribution in [2.24, 2.45) is 5.10 Å². The maximum absolute atomic E-state index is 12.9. The zero-order valence-electron chi connectivity index (χ0n) is 13.6. The predicted octanol–water partition coefficient (Wildman–Crippen LogP) is 2.72. The number of nitrogens with zero attached hydrogens (tertiary/aromatic N) is 3. The van der Waals surface area contributed by atoms with E-state index in [0.717, 1.165) is 12.1 Å². The second-order valence-corrected chi connectivity index (χ2v) is 5.25. The molecule has 25 heavy (non-hydrogen) atoms. The fourth-order valence-corrected chi connectivity index (χ4v) is 1.91. The molecule has 134 valence electrons. The van der Waals surface area contributed by atoms with Crippen LogP contribution in [-0.4, -0.2) is 34.4 Å². The van der Waals surface area contributed by atoms with E-state index in [0.29, 0.717) is 6.07 Å². The van der Waals surface area contributed by atoms with Gasteiger partial charge in [0.1, 0.15) is 0 Å². The zero-order chi connectivity index (χ0) is 19.3. The number of hydrogen-bond acceptors (Lipinski definition) is 5. The Morgan fingerprint density at radius 2 is 2.16 bits per heavy atom. The van der Waals surface area contributed by atoms with E-state index in [1.807, 2.05) is 0 Å². The molecule has 0 spiro atoms. The van der Waals surface area contributed by atoms with Crippen LogP contribution in [0.3, 0.4) is 0 Å². The molecule has 1 atom stereocenters. The summed E-state index contributed by atoms with van der Waals surface area (Å²) >= 11 is 0. The summed E-state index contributed by atoms with van der Waals surface area (Å²) in [4.78, 5) is 12.2. The lowest BCUT2D eigenvalue weighted by molar-refractivity contribution is -0.138. The van der Waals surface area contributed by atoms with E-state index >= 15 is 0 Å². The van der Waals surface area contributed by atoms with Crippen LogP contribution in [0.1, 0.15) is 25.0 Å². The molecule has 1 aromatic carbocycles. The second-order valence-electron chi connectivity index (χ2n) is 5.25. The number of carbonyl (C=O) groups is 1. The second kappa shape index (κ2) is 7.81. The van der Waals surface area contributed by atoms with Crippen molar-refractivity contribution in [3.63, 3.8) is 0 Å². The monoisotopic (exact) mass is 354 g/mol. The van der Waals surface area contributed by atoms with Crippen LogP contribution in [0.4, 0.5) is 18.9 Å². The van der Waals surface area contributed by atoms with Gasteiger partial charge in [-0.3, -0.25) is 9.80 Å². The molecule has 0 aliphatic carbocycles. The molecule has 2 N–H and O–H groups in total. The number of hydrazone groups is 1. The number of rotatable bonds is 6. The van der Waals surface area contributed by atoms with Gasteiger partial charge in [0.2, 0.25) is 0 Å². The summed E-state index contributed by atoms with van der Waals surface area (Å²) < 4.78 is 38.8. The number of hydrogen-bond donors (Lipinski definition) is 2. The SMILES string of the molecule is C=CN(C[C@](C)(O)C(=O)Nc1ccc(C#N)c(C(F)(F)F)c1)/N=C\C. The fourth-order valence-electron chi connectivity index (χ4n) is 1.91. The highest BCUT2D eigenvalue weighted by molar-refractivity contribution is 5.97. The summed E-state index contributed by atoms with van der Waals surface area (Å²) in [7, 11) is 0. The summed E-state index contributed by atoms with van der Waals surface area (Å²) in [5.74, 6) is -0.927. The molecule has 1 amide bonds. The number of anilines is 1. The van der Waals surface area contributed by atoms with Gasteiger partial charge in [-0.1, -0.05) is 6.58 Å². The largest absolute Gasteiger partial charge is 0.417 e. The topological polar surface area (TPSA) is 88.7 Å². The molecule has 6 nitrogen and oxygen atoms in total. The van der Waals surface area contributed by atoms with Crippen molar-refractivity contribution >= 4 is 17.8 Å². The van der Waals surface area contributed by atoms with Crippen molar-refractivity contribution in [1.29, 1.82) is 5.26 Å². The molecular weight excluding hydrogens is 337 g/mol. The Bertz CT molecular complexity index is 721. The molecule has 0 heterocycles. The number of nitrogens with one attached hydrogen (secondary N) is 1. The average molecular weight is 354 g/mol. The van der Waals surface area contributed by atoms with Crippen LogP contribution in [0.15, 0.2) is 36.1 Å². The van der Waals surface area contributed by atoms with Gasteiger partial charge in [0.25, 0.3) is 5.91 Å². The third-order valence-corrected chi connectivity index (χ3v) is 3.14. The van der Waals surface area contributed by atoms with Gasteiger partial charge in [0.15, 0.2) is 5.60 Å². The first-order chi connectivity index (χ1) is 11.5. The molecule has 0 aromatic heterocycles. The summed E-state index contributed by atoms with van der Waals surface area (Å²) in [5, 5.41) is 26.3. The number of alkyl halides is 3. The first kappa shape index (κ1) is 20.2. The highest BCUT2D eigenvalue weighted by Gasteiger charge is 2.35. The first-order valence-corrected chi connectivity index (χ1v) is 7.08. The van der Waals surface area contributed by atoms with Crippen LogP contribution in [0.25, 0.3) is 0 Å². The van der Waals surface area contributed by atoms with E-state index in [-0.39, 0.29) is 12.2 Å². The van der Waals surface area contributed by atoms with E-state index in [1.54, 1.807) is 6.92 Å². The van der Waals surface area contributed by atoms with Crippen molar-refractivity contribution in [1.82, 2.24) is 5.01 Å². The van der Waals surface area contributed by atoms with Gasteiger partial charge < -0.3 is 10.4 Å². The van der Waals surface area contributed by atoms with Crippen molar-refractivity contribution in [2.45, 2.75) is 25.6 Å². The molecule has 0 bridgehead atoms. The highest BCUT2D eigenvalue weighted by Crippen LogP contribution is 2.33. The van der Waals surface area contributed by atoms with E-state index in [9.17, 15) is 23.1 Å². The Morgan fingerprint density at radius 1 is 1.52 bits per heavy atom. The zero-order valence-corrected chi connectivity index (χ0v) is 13.6. The molecular formula is C16H17F3N4O2. The fraction of sp³-hybridized carbons (Fsp3) is 0.312. The minimum atomic E-state index is -4.75. The number of aliphatic hydroxyl groups is 1. The minimum absolute atomic E-state index is 0.194. The number of carbonyl (C=O) groups excluding carboxylic acids is 1. The Hall–Kier alpha value is -2.86. The van der Waals surface area contributed by atoms with Gasteiger partial charge in [-0.15, -0.1) is 0 Å². The molecule has 0 saturated heterocycles. The lowest BCUT2D eigenvalue weighted by Gasteiger charge is -2.26. The highest BCUT2D eigenvalue weighted by atomic mass is 19.4. The maximum Gasteiger partial charge on any atom is 0.417 e. The lowest BCUT2D eigenvalue weighted by atomic mass is 10.0. The number of halogens is 3. The van der Waals surface area contributed by atoms with Gasteiger partial charge in [-0.05, 0) is 32.0 Å². The Kier molecular flexibility index (Phi) is 6.30. The predicted molar refractivity (Wildman–Crippen MR) is 86.5 cm³/mol. The van der Waals surface area contributed by atoms with Crippen LogP contribution in [0.2, 0.25) is 0 Å². The summed E-state index contributed by atoms with van der Waals surface area (Å²) in [5.41, 5.74) is -3.88. The molecule has 0 aliphatic heterocycles. The van der Waals surface area contributed by atoms with Crippen LogP contribution < -0.4 is 5.32 Å².